The molecule has 1 aromatic carbocycles. The van der Waals surface area contributed by atoms with Crippen molar-refractivity contribution in [2.45, 2.75) is 24.0 Å². The molecule has 8 heteroatoms. The smallest absolute Gasteiger partial charge is 0.341 e. The van der Waals surface area contributed by atoms with E-state index in [2.05, 4.69) is 10.3 Å². The van der Waals surface area contributed by atoms with Crippen molar-refractivity contribution in [2.24, 2.45) is 0 Å². The topological polar surface area (TPSA) is 59.1 Å². The van der Waals surface area contributed by atoms with Crippen LogP contribution in [0.25, 0.3) is 0 Å². The Bertz CT molecular complexity index is 697. The van der Waals surface area contributed by atoms with E-state index in [0.717, 1.165) is 17.1 Å². The number of benzene rings is 1. The van der Waals surface area contributed by atoms with Crippen LogP contribution in [0.1, 0.15) is 10.7 Å². The number of nitrogens with one attached hydrogen (secondary N) is 1. The molecule has 0 atom stereocenters. The molecule has 1 aromatic heterocycles. The summed E-state index contributed by atoms with van der Waals surface area (Å²) in [6, 6.07) is 5.30. The summed E-state index contributed by atoms with van der Waals surface area (Å²) in [7, 11) is -4.52. The molecular weight excluding hydrogens is 318 g/mol. The van der Waals surface area contributed by atoms with Gasteiger partial charge in [-0.3, -0.25) is 0 Å². The number of thiazole rings is 1. The highest BCUT2D eigenvalue weighted by molar-refractivity contribution is 7.91. The van der Waals surface area contributed by atoms with Crippen LogP contribution < -0.4 is 5.32 Å². The van der Waals surface area contributed by atoms with Crippen molar-refractivity contribution in [3.63, 3.8) is 0 Å². The highest BCUT2D eigenvalue weighted by atomic mass is 32.2. The molecule has 0 aliphatic heterocycles. The minimum Gasteiger partial charge on any atom is -0.385 e. The van der Waals surface area contributed by atoms with Crippen LogP contribution in [0.4, 0.5) is 14.5 Å². The summed E-state index contributed by atoms with van der Waals surface area (Å²) >= 11 is 1.58. The van der Waals surface area contributed by atoms with E-state index in [0.29, 0.717) is 12.2 Å². The summed E-state index contributed by atoms with van der Waals surface area (Å²) in [5.41, 5.74) is 1.66. The second-order valence-electron chi connectivity index (χ2n) is 4.36. The van der Waals surface area contributed by atoms with Crippen LogP contribution in [0.15, 0.2) is 34.5 Å². The van der Waals surface area contributed by atoms with E-state index in [1.54, 1.807) is 11.3 Å². The minimum absolute atomic E-state index is 0.377. The molecule has 2 aromatic rings. The van der Waals surface area contributed by atoms with Gasteiger partial charge >= 0.3 is 5.76 Å². The zero-order chi connectivity index (χ0) is 15.5. The van der Waals surface area contributed by atoms with Gasteiger partial charge in [0.1, 0.15) is 0 Å². The Morgan fingerprint density at radius 2 is 1.95 bits per heavy atom. The first-order valence-corrected chi connectivity index (χ1v) is 8.59. The standard InChI is InChI=1S/C13H14F2N2O2S2/c1-9-17-11(8-20-9)6-7-16-10-2-4-12(5-3-10)21(18,19)13(14)15/h2-5,8,13,16H,6-7H2,1H3. The Balaban J connectivity index is 1.94. The average molecular weight is 332 g/mol. The normalized spacial score (nSPS) is 11.8. The van der Waals surface area contributed by atoms with Gasteiger partial charge < -0.3 is 5.32 Å². The molecule has 0 unspecified atom stereocenters. The predicted molar refractivity (Wildman–Crippen MR) is 78.7 cm³/mol. The fourth-order valence-corrected chi connectivity index (χ4v) is 3.09. The number of hydrogen-bond acceptors (Lipinski definition) is 5. The van der Waals surface area contributed by atoms with Crippen molar-refractivity contribution in [3.8, 4) is 0 Å². The molecule has 21 heavy (non-hydrogen) atoms. The lowest BCUT2D eigenvalue weighted by Gasteiger charge is -2.07. The maximum absolute atomic E-state index is 12.4. The molecular formula is C13H14F2N2O2S2. The molecule has 0 spiro atoms. The fourth-order valence-electron chi connectivity index (χ4n) is 1.72. The summed E-state index contributed by atoms with van der Waals surface area (Å²) < 4.78 is 47.3. The zero-order valence-electron chi connectivity index (χ0n) is 11.2. The van der Waals surface area contributed by atoms with Crippen LogP contribution in [-0.2, 0) is 16.3 Å². The molecule has 0 aliphatic rings. The van der Waals surface area contributed by atoms with Crippen LogP contribution in [0, 0.1) is 6.92 Å². The average Bonchev–Trinajstić information content (AvgIpc) is 2.85. The predicted octanol–water partition coefficient (Wildman–Crippen LogP) is 3.10. The minimum atomic E-state index is -4.52. The molecule has 1 heterocycles. The van der Waals surface area contributed by atoms with Crippen LogP contribution in [0.3, 0.4) is 0 Å². The first-order chi connectivity index (χ1) is 9.89. The first kappa shape index (κ1) is 15.8. The van der Waals surface area contributed by atoms with Gasteiger partial charge in [0, 0.05) is 24.0 Å². The Labute approximate surface area is 125 Å². The largest absolute Gasteiger partial charge is 0.385 e. The molecule has 0 saturated heterocycles. The van der Waals surface area contributed by atoms with E-state index in [-0.39, 0.29) is 4.90 Å². The third-order valence-corrected chi connectivity index (χ3v) is 5.01. The first-order valence-electron chi connectivity index (χ1n) is 6.16. The number of hydrogen-bond donors (Lipinski definition) is 1. The Hall–Kier alpha value is -1.54. The van der Waals surface area contributed by atoms with Crippen molar-refractivity contribution in [1.82, 2.24) is 4.98 Å². The van der Waals surface area contributed by atoms with E-state index in [1.165, 1.54) is 24.3 Å². The summed E-state index contributed by atoms with van der Waals surface area (Å²) in [5.74, 6) is -3.40. The zero-order valence-corrected chi connectivity index (χ0v) is 12.8. The lowest BCUT2D eigenvalue weighted by Crippen LogP contribution is -2.11. The molecule has 0 saturated carbocycles. The fraction of sp³-hybridized carbons (Fsp3) is 0.308. The van der Waals surface area contributed by atoms with Gasteiger partial charge in [-0.05, 0) is 31.2 Å². The van der Waals surface area contributed by atoms with Gasteiger partial charge in [0.05, 0.1) is 15.6 Å². The molecule has 0 bridgehead atoms. The molecule has 2 rings (SSSR count). The maximum atomic E-state index is 12.4. The van der Waals surface area contributed by atoms with Gasteiger partial charge in [0.15, 0.2) is 0 Å². The maximum Gasteiger partial charge on any atom is 0.341 e. The Morgan fingerprint density at radius 3 is 2.48 bits per heavy atom. The van der Waals surface area contributed by atoms with E-state index >= 15 is 0 Å². The van der Waals surface area contributed by atoms with Gasteiger partial charge in [-0.15, -0.1) is 11.3 Å². The molecule has 0 aliphatic carbocycles. The van der Waals surface area contributed by atoms with Crippen molar-refractivity contribution in [3.05, 3.63) is 40.3 Å². The third-order valence-electron chi connectivity index (χ3n) is 2.79. The molecule has 4 nitrogen and oxygen atoms in total. The van der Waals surface area contributed by atoms with Gasteiger partial charge in [0.2, 0.25) is 9.84 Å². The number of sulfone groups is 1. The number of anilines is 1. The number of aryl methyl sites for hydroxylation is 1. The van der Waals surface area contributed by atoms with E-state index in [4.69, 9.17) is 0 Å². The second kappa shape index (κ2) is 6.48. The van der Waals surface area contributed by atoms with E-state index in [1.807, 2.05) is 12.3 Å². The monoisotopic (exact) mass is 332 g/mol. The molecule has 114 valence electrons. The van der Waals surface area contributed by atoms with Crippen molar-refractivity contribution >= 4 is 26.9 Å². The van der Waals surface area contributed by atoms with Crippen LogP contribution in [-0.4, -0.2) is 25.7 Å². The van der Waals surface area contributed by atoms with Crippen LogP contribution >= 0.6 is 11.3 Å². The number of rotatable bonds is 6. The van der Waals surface area contributed by atoms with Gasteiger partial charge in [0.25, 0.3) is 0 Å². The summed E-state index contributed by atoms with van der Waals surface area (Å²) in [5, 5.41) is 6.08. The SMILES string of the molecule is Cc1nc(CCNc2ccc(S(=O)(=O)C(F)F)cc2)cs1. The number of aromatic nitrogens is 1. The number of nitrogens with zero attached hydrogens (tertiary/aromatic N) is 1. The van der Waals surface area contributed by atoms with Crippen molar-refractivity contribution in [1.29, 1.82) is 0 Å². The molecule has 0 fully saturated rings. The Morgan fingerprint density at radius 1 is 1.29 bits per heavy atom. The lowest BCUT2D eigenvalue weighted by atomic mass is 10.3. The van der Waals surface area contributed by atoms with Crippen molar-refractivity contribution in [2.75, 3.05) is 11.9 Å². The van der Waals surface area contributed by atoms with Gasteiger partial charge in [-0.25, -0.2) is 13.4 Å². The number of halogens is 2. The molecule has 0 amide bonds. The third kappa shape index (κ3) is 3.98. The van der Waals surface area contributed by atoms with Crippen LogP contribution in [0.2, 0.25) is 0 Å². The lowest BCUT2D eigenvalue weighted by molar-refractivity contribution is 0.234. The van der Waals surface area contributed by atoms with Gasteiger partial charge in [-0.1, -0.05) is 0 Å². The molecule has 1 N–H and O–H groups in total. The van der Waals surface area contributed by atoms with Crippen molar-refractivity contribution < 1.29 is 17.2 Å². The quantitative estimate of drug-likeness (QED) is 0.883. The van der Waals surface area contributed by atoms with Gasteiger partial charge in [-0.2, -0.15) is 8.78 Å². The van der Waals surface area contributed by atoms with E-state index in [9.17, 15) is 17.2 Å². The van der Waals surface area contributed by atoms with Crippen LogP contribution in [0.5, 0.6) is 0 Å². The highest BCUT2D eigenvalue weighted by Gasteiger charge is 2.26. The molecule has 0 radical (unpaired) electrons. The van der Waals surface area contributed by atoms with E-state index < -0.39 is 15.6 Å². The summed E-state index contributed by atoms with van der Waals surface area (Å²) in [6.07, 6.45) is 0.738. The highest BCUT2D eigenvalue weighted by Crippen LogP contribution is 2.20. The second-order valence-corrected chi connectivity index (χ2v) is 7.34. The summed E-state index contributed by atoms with van der Waals surface area (Å²) in [4.78, 5) is 3.95. The Kier molecular flexibility index (Phi) is 4.89. The summed E-state index contributed by atoms with van der Waals surface area (Å²) in [6.45, 7) is 2.56. The number of alkyl halides is 2.